The SMILES string of the molecule is C#CC1OC(=O)N(S(=O)(=O)c2ccc([N+](=O)[O-])cc2)c2ccccc21. The van der Waals surface area contributed by atoms with Crippen LogP contribution in [0.15, 0.2) is 53.4 Å². The van der Waals surface area contributed by atoms with E-state index in [4.69, 9.17) is 11.2 Å². The smallest absolute Gasteiger partial charge is 0.427 e. The molecule has 2 aromatic rings. The number of non-ortho nitro benzene ring substituents is 1. The van der Waals surface area contributed by atoms with Crippen LogP contribution in [0.5, 0.6) is 0 Å². The molecule has 126 valence electrons. The van der Waals surface area contributed by atoms with E-state index >= 15 is 0 Å². The largest absolute Gasteiger partial charge is 0.430 e. The first-order chi connectivity index (χ1) is 11.9. The van der Waals surface area contributed by atoms with E-state index in [1.54, 1.807) is 18.2 Å². The summed E-state index contributed by atoms with van der Waals surface area (Å²) in [5.41, 5.74) is 0.170. The number of nitrogens with zero attached hydrogens (tertiary/aromatic N) is 2. The van der Waals surface area contributed by atoms with Crippen LogP contribution < -0.4 is 4.31 Å². The molecule has 3 rings (SSSR count). The lowest BCUT2D eigenvalue weighted by atomic mass is 10.1. The molecule has 1 amide bonds. The zero-order chi connectivity index (χ0) is 18.2. The fourth-order valence-corrected chi connectivity index (χ4v) is 3.76. The third-order valence-electron chi connectivity index (χ3n) is 3.56. The van der Waals surface area contributed by atoms with E-state index < -0.39 is 27.1 Å². The van der Waals surface area contributed by atoms with E-state index in [1.807, 2.05) is 0 Å². The van der Waals surface area contributed by atoms with E-state index in [0.29, 0.717) is 9.87 Å². The number of para-hydroxylation sites is 1. The molecule has 1 aliphatic rings. The standard InChI is InChI=1S/C16H10N2O6S/c1-2-15-13-5-3-4-6-14(13)17(16(19)24-15)25(22,23)12-9-7-11(8-10-12)18(20)21/h1,3-10,15H. The Bertz CT molecular complexity index is 1010. The number of amides is 1. The highest BCUT2D eigenvalue weighted by atomic mass is 32.2. The predicted molar refractivity (Wildman–Crippen MR) is 87.3 cm³/mol. The summed E-state index contributed by atoms with van der Waals surface area (Å²) in [7, 11) is -4.33. The summed E-state index contributed by atoms with van der Waals surface area (Å²) in [5.74, 6) is 2.28. The Kier molecular flexibility index (Phi) is 3.90. The fraction of sp³-hybridized carbons (Fsp3) is 0.0625. The van der Waals surface area contributed by atoms with Gasteiger partial charge in [-0.2, -0.15) is 4.31 Å². The summed E-state index contributed by atoms with van der Waals surface area (Å²) in [5, 5.41) is 10.7. The van der Waals surface area contributed by atoms with Crippen molar-refractivity contribution in [3.63, 3.8) is 0 Å². The average molecular weight is 358 g/mol. The number of anilines is 1. The number of carbonyl (C=O) groups excluding carboxylic acids is 1. The Morgan fingerprint density at radius 1 is 1.16 bits per heavy atom. The molecule has 1 unspecified atom stereocenters. The number of ether oxygens (including phenoxy) is 1. The molecule has 0 saturated heterocycles. The highest BCUT2D eigenvalue weighted by Crippen LogP contribution is 2.37. The molecule has 0 aromatic heterocycles. The Balaban J connectivity index is 2.12. The summed E-state index contributed by atoms with van der Waals surface area (Å²) >= 11 is 0. The van der Waals surface area contributed by atoms with Crippen molar-refractivity contribution in [2.45, 2.75) is 11.0 Å². The van der Waals surface area contributed by atoms with Crippen LogP contribution in [0, 0.1) is 22.5 Å². The van der Waals surface area contributed by atoms with Crippen molar-refractivity contribution in [2.75, 3.05) is 4.31 Å². The van der Waals surface area contributed by atoms with Gasteiger partial charge in [0, 0.05) is 17.7 Å². The normalized spacial score (nSPS) is 16.5. The second-order valence-corrected chi connectivity index (χ2v) is 6.80. The zero-order valence-electron chi connectivity index (χ0n) is 12.5. The summed E-state index contributed by atoms with van der Waals surface area (Å²) in [6.07, 6.45) is 3.20. The van der Waals surface area contributed by atoms with Gasteiger partial charge in [-0.15, -0.1) is 6.42 Å². The highest BCUT2D eigenvalue weighted by Gasteiger charge is 2.40. The van der Waals surface area contributed by atoms with Crippen LogP contribution in [0.2, 0.25) is 0 Å². The molecule has 0 fully saturated rings. The number of hydrogen-bond acceptors (Lipinski definition) is 6. The van der Waals surface area contributed by atoms with Crippen LogP contribution in [0.25, 0.3) is 0 Å². The van der Waals surface area contributed by atoms with E-state index in [-0.39, 0.29) is 16.3 Å². The maximum Gasteiger partial charge on any atom is 0.430 e. The Morgan fingerprint density at radius 3 is 2.40 bits per heavy atom. The second kappa shape index (κ2) is 5.92. The molecule has 1 aliphatic heterocycles. The molecule has 0 bridgehead atoms. The van der Waals surface area contributed by atoms with Crippen LogP contribution in [0.1, 0.15) is 11.7 Å². The first-order valence-electron chi connectivity index (χ1n) is 6.91. The summed E-state index contributed by atoms with van der Waals surface area (Å²) in [6, 6.07) is 10.4. The van der Waals surface area contributed by atoms with E-state index in [9.17, 15) is 23.3 Å². The lowest BCUT2D eigenvalue weighted by Crippen LogP contribution is -2.41. The summed E-state index contributed by atoms with van der Waals surface area (Å²) < 4.78 is 31.2. The molecule has 8 nitrogen and oxygen atoms in total. The molecule has 0 spiro atoms. The maximum atomic E-state index is 12.8. The van der Waals surface area contributed by atoms with Gasteiger partial charge in [-0.25, -0.2) is 13.2 Å². The van der Waals surface area contributed by atoms with Crippen LogP contribution in [0.3, 0.4) is 0 Å². The Labute approximate surface area is 142 Å². The van der Waals surface area contributed by atoms with E-state index in [2.05, 4.69) is 5.92 Å². The fourth-order valence-electron chi connectivity index (χ4n) is 2.40. The van der Waals surface area contributed by atoms with Crippen molar-refractivity contribution < 1.29 is 22.9 Å². The summed E-state index contributed by atoms with van der Waals surface area (Å²) in [6.45, 7) is 0. The first kappa shape index (κ1) is 16.5. The van der Waals surface area contributed by atoms with Crippen molar-refractivity contribution in [3.05, 3.63) is 64.2 Å². The van der Waals surface area contributed by atoms with Crippen LogP contribution in [-0.4, -0.2) is 19.4 Å². The van der Waals surface area contributed by atoms with Gasteiger partial charge in [0.2, 0.25) is 0 Å². The monoisotopic (exact) mass is 358 g/mol. The topological polar surface area (TPSA) is 107 Å². The number of carbonyl (C=O) groups is 1. The van der Waals surface area contributed by atoms with Gasteiger partial charge >= 0.3 is 6.09 Å². The molecule has 1 atom stereocenters. The Morgan fingerprint density at radius 2 is 1.80 bits per heavy atom. The molecule has 1 heterocycles. The van der Waals surface area contributed by atoms with Gasteiger partial charge in [-0.05, 0) is 18.2 Å². The van der Waals surface area contributed by atoms with Gasteiger partial charge < -0.3 is 4.74 Å². The minimum Gasteiger partial charge on any atom is -0.427 e. The summed E-state index contributed by atoms with van der Waals surface area (Å²) in [4.78, 5) is 22.0. The van der Waals surface area contributed by atoms with Crippen LogP contribution in [0.4, 0.5) is 16.2 Å². The van der Waals surface area contributed by atoms with E-state index in [1.165, 1.54) is 6.07 Å². The van der Waals surface area contributed by atoms with Gasteiger partial charge in [-0.1, -0.05) is 24.1 Å². The molecule has 9 heteroatoms. The van der Waals surface area contributed by atoms with Crippen molar-refractivity contribution in [3.8, 4) is 12.3 Å². The molecule has 0 radical (unpaired) electrons. The molecule has 0 N–H and O–H groups in total. The molecular weight excluding hydrogens is 348 g/mol. The number of rotatable bonds is 3. The molecule has 2 aromatic carbocycles. The lowest BCUT2D eigenvalue weighted by Gasteiger charge is -2.31. The molecule has 25 heavy (non-hydrogen) atoms. The lowest BCUT2D eigenvalue weighted by molar-refractivity contribution is -0.384. The average Bonchev–Trinajstić information content (AvgIpc) is 2.60. The number of terminal acetylenes is 1. The second-order valence-electron chi connectivity index (χ2n) is 5.01. The minimum atomic E-state index is -4.33. The Hall–Kier alpha value is -3.38. The number of nitro groups is 1. The predicted octanol–water partition coefficient (Wildman–Crippen LogP) is 2.61. The molecular formula is C16H10N2O6S. The van der Waals surface area contributed by atoms with Gasteiger partial charge in [0.15, 0.2) is 6.10 Å². The first-order valence-corrected chi connectivity index (χ1v) is 8.35. The van der Waals surface area contributed by atoms with Crippen LogP contribution >= 0.6 is 0 Å². The van der Waals surface area contributed by atoms with Gasteiger partial charge in [0.25, 0.3) is 15.7 Å². The quantitative estimate of drug-likeness (QED) is 0.474. The molecule has 0 aliphatic carbocycles. The highest BCUT2D eigenvalue weighted by molar-refractivity contribution is 7.93. The van der Waals surface area contributed by atoms with Gasteiger partial charge in [0.05, 0.1) is 15.5 Å². The van der Waals surface area contributed by atoms with Crippen LogP contribution in [-0.2, 0) is 14.8 Å². The number of sulfonamides is 1. The van der Waals surface area contributed by atoms with Crippen molar-refractivity contribution in [1.29, 1.82) is 0 Å². The molecule has 0 saturated carbocycles. The van der Waals surface area contributed by atoms with E-state index in [0.717, 1.165) is 24.3 Å². The van der Waals surface area contributed by atoms with Gasteiger partial charge in [-0.3, -0.25) is 10.1 Å². The third kappa shape index (κ3) is 2.68. The number of fused-ring (bicyclic) bond motifs is 1. The zero-order valence-corrected chi connectivity index (χ0v) is 13.3. The minimum absolute atomic E-state index is 0.0834. The third-order valence-corrected chi connectivity index (χ3v) is 5.25. The number of hydrogen-bond donors (Lipinski definition) is 0. The number of nitro benzene ring substituents is 1. The number of cyclic esters (lactones) is 1. The maximum absolute atomic E-state index is 12.8. The van der Waals surface area contributed by atoms with Gasteiger partial charge in [0.1, 0.15) is 0 Å². The number of benzene rings is 2. The van der Waals surface area contributed by atoms with Crippen molar-refractivity contribution >= 4 is 27.5 Å². The van der Waals surface area contributed by atoms with Crippen molar-refractivity contribution in [1.82, 2.24) is 0 Å². The van der Waals surface area contributed by atoms with Crippen molar-refractivity contribution in [2.24, 2.45) is 0 Å².